The predicted molar refractivity (Wildman–Crippen MR) is 131 cm³/mol. The number of nitrogens with zero attached hydrogens (tertiary/aromatic N) is 1. The second-order valence-corrected chi connectivity index (χ2v) is 7.35. The van der Waals surface area contributed by atoms with Crippen molar-refractivity contribution in [2.45, 2.75) is 32.6 Å². The molecule has 2 N–H and O–H groups in total. The lowest BCUT2D eigenvalue weighted by Gasteiger charge is -2.17. The van der Waals surface area contributed by atoms with E-state index in [1.165, 1.54) is 27.4 Å². The van der Waals surface area contributed by atoms with E-state index >= 15 is 0 Å². The molecule has 0 fully saturated rings. The minimum atomic E-state index is -0.851. The van der Waals surface area contributed by atoms with Gasteiger partial charge in [0.05, 0.1) is 49.5 Å². The second-order valence-electron chi connectivity index (χ2n) is 6.97. The number of esters is 1. The number of ether oxygens (including phenoxy) is 4. The number of unbranched alkanes of at least 4 members (excludes halogenated alkanes) is 1. The zero-order valence-electron chi connectivity index (χ0n) is 20.2. The molecule has 0 aliphatic carbocycles. The summed E-state index contributed by atoms with van der Waals surface area (Å²) in [6, 6.07) is 2.16. The normalized spacial score (nSPS) is 10.1. The number of phenols is 2. The fourth-order valence-electron chi connectivity index (χ4n) is 3.45. The zero-order chi connectivity index (χ0) is 26.7. The number of nitro groups is 1. The van der Waals surface area contributed by atoms with E-state index in [0.717, 1.165) is 12.5 Å². The first-order valence-corrected chi connectivity index (χ1v) is 11.0. The van der Waals surface area contributed by atoms with E-state index in [1.807, 2.05) is 6.92 Å². The molecule has 35 heavy (non-hydrogen) atoms. The summed E-state index contributed by atoms with van der Waals surface area (Å²) in [6.07, 6.45) is 1.82. The summed E-state index contributed by atoms with van der Waals surface area (Å²) in [5.74, 6) is -1.37. The number of nitro benzene ring substituents is 1. The molecule has 192 valence electrons. The molecule has 2 rings (SSSR count). The van der Waals surface area contributed by atoms with Crippen LogP contribution in [0.3, 0.4) is 0 Å². The predicted octanol–water partition coefficient (Wildman–Crippen LogP) is 5.23. The van der Waals surface area contributed by atoms with Crippen LogP contribution in [0.4, 0.5) is 5.69 Å². The van der Waals surface area contributed by atoms with Crippen molar-refractivity contribution in [2.75, 3.05) is 27.9 Å². The standard InChI is InChI=1S/C22H26ClNO9.C2H4/c1-5-6-7-12-18(15(25)11-16(26)19(12)23)22(27)33-9-8-13-20(31-3)14(24(28)29)10-17(30-2)21(13)32-4;1-2/h10-11,25-26H,5-9H2,1-4H3;1-2H2. The maximum absolute atomic E-state index is 12.8. The van der Waals surface area contributed by atoms with Crippen molar-refractivity contribution in [1.82, 2.24) is 0 Å². The van der Waals surface area contributed by atoms with Gasteiger partial charge in [-0.05, 0) is 18.4 Å². The van der Waals surface area contributed by atoms with E-state index in [2.05, 4.69) is 13.2 Å². The summed E-state index contributed by atoms with van der Waals surface area (Å²) in [7, 11) is 3.99. The minimum Gasteiger partial charge on any atom is -0.507 e. The van der Waals surface area contributed by atoms with Crippen LogP contribution in [0.2, 0.25) is 5.02 Å². The Bertz CT molecular complexity index is 1060. The van der Waals surface area contributed by atoms with E-state index in [0.29, 0.717) is 12.8 Å². The first kappa shape index (κ1) is 29.4. The van der Waals surface area contributed by atoms with Gasteiger partial charge in [-0.25, -0.2) is 4.79 Å². The van der Waals surface area contributed by atoms with Crippen molar-refractivity contribution in [3.63, 3.8) is 0 Å². The Morgan fingerprint density at radius 2 is 1.66 bits per heavy atom. The zero-order valence-corrected chi connectivity index (χ0v) is 20.9. The Labute approximate surface area is 208 Å². The number of carbonyl (C=O) groups is 1. The number of rotatable bonds is 11. The number of halogens is 1. The molecule has 0 aromatic heterocycles. The highest BCUT2D eigenvalue weighted by Crippen LogP contribution is 2.44. The number of aromatic hydroxyl groups is 2. The molecular formula is C24H30ClNO9. The molecule has 2 aromatic rings. The van der Waals surface area contributed by atoms with Crippen LogP contribution in [0.5, 0.6) is 28.7 Å². The van der Waals surface area contributed by atoms with Crippen LogP contribution < -0.4 is 14.2 Å². The molecule has 10 nitrogen and oxygen atoms in total. The first-order chi connectivity index (χ1) is 16.7. The lowest BCUT2D eigenvalue weighted by molar-refractivity contribution is -0.385. The molecule has 0 saturated carbocycles. The van der Waals surface area contributed by atoms with Crippen molar-refractivity contribution in [3.05, 3.63) is 57.1 Å². The molecule has 0 unspecified atom stereocenters. The maximum atomic E-state index is 12.8. The third-order valence-corrected chi connectivity index (χ3v) is 5.41. The van der Waals surface area contributed by atoms with E-state index in [-0.39, 0.29) is 63.4 Å². The topological polar surface area (TPSA) is 138 Å². The van der Waals surface area contributed by atoms with E-state index in [1.54, 1.807) is 0 Å². The van der Waals surface area contributed by atoms with Gasteiger partial charge in [0.15, 0.2) is 11.5 Å². The van der Waals surface area contributed by atoms with Gasteiger partial charge >= 0.3 is 11.7 Å². The molecule has 0 amide bonds. The van der Waals surface area contributed by atoms with Crippen molar-refractivity contribution in [2.24, 2.45) is 0 Å². The lowest BCUT2D eigenvalue weighted by Crippen LogP contribution is -2.13. The average molecular weight is 512 g/mol. The first-order valence-electron chi connectivity index (χ1n) is 10.6. The number of carbonyl (C=O) groups excluding carboxylic acids is 1. The van der Waals surface area contributed by atoms with Gasteiger partial charge in [-0.1, -0.05) is 24.9 Å². The summed E-state index contributed by atoms with van der Waals surface area (Å²) in [5.41, 5.74) is 0.0919. The van der Waals surface area contributed by atoms with Gasteiger partial charge in [-0.3, -0.25) is 10.1 Å². The summed E-state index contributed by atoms with van der Waals surface area (Å²) in [4.78, 5) is 23.6. The van der Waals surface area contributed by atoms with E-state index in [9.17, 15) is 25.1 Å². The summed E-state index contributed by atoms with van der Waals surface area (Å²) in [5, 5.41) is 31.6. The van der Waals surface area contributed by atoms with E-state index < -0.39 is 16.6 Å². The molecule has 0 bridgehead atoms. The van der Waals surface area contributed by atoms with Gasteiger partial charge in [0.2, 0.25) is 5.75 Å². The molecule has 2 aromatic carbocycles. The maximum Gasteiger partial charge on any atom is 0.342 e. The highest BCUT2D eigenvalue weighted by Gasteiger charge is 2.28. The minimum absolute atomic E-state index is 0.00695. The molecular weight excluding hydrogens is 482 g/mol. The average Bonchev–Trinajstić information content (AvgIpc) is 2.85. The van der Waals surface area contributed by atoms with Crippen LogP contribution in [0.25, 0.3) is 0 Å². The van der Waals surface area contributed by atoms with Crippen molar-refractivity contribution >= 4 is 23.3 Å². The highest BCUT2D eigenvalue weighted by molar-refractivity contribution is 6.33. The van der Waals surface area contributed by atoms with Crippen LogP contribution >= 0.6 is 11.6 Å². The Balaban J connectivity index is 0.00000298. The third-order valence-electron chi connectivity index (χ3n) is 4.99. The monoisotopic (exact) mass is 511 g/mol. The van der Waals surface area contributed by atoms with Crippen LogP contribution in [-0.2, 0) is 17.6 Å². The summed E-state index contributed by atoms with van der Waals surface area (Å²) in [6.45, 7) is 7.73. The van der Waals surface area contributed by atoms with Crippen molar-refractivity contribution in [3.8, 4) is 28.7 Å². The lowest BCUT2D eigenvalue weighted by atomic mass is 10.00. The van der Waals surface area contributed by atoms with Gasteiger partial charge in [-0.15, -0.1) is 13.2 Å². The number of phenolic OH excluding ortho intramolecular Hbond substituents is 2. The van der Waals surface area contributed by atoms with Gasteiger partial charge < -0.3 is 29.2 Å². The quantitative estimate of drug-likeness (QED) is 0.180. The Morgan fingerprint density at radius 1 is 1.03 bits per heavy atom. The third kappa shape index (κ3) is 6.69. The molecule has 0 atom stereocenters. The smallest absolute Gasteiger partial charge is 0.342 e. The highest BCUT2D eigenvalue weighted by atomic mass is 35.5. The van der Waals surface area contributed by atoms with Crippen LogP contribution in [0, 0.1) is 10.1 Å². The van der Waals surface area contributed by atoms with Crippen molar-refractivity contribution < 1.29 is 38.9 Å². The molecule has 0 saturated heterocycles. The van der Waals surface area contributed by atoms with Crippen LogP contribution in [-0.4, -0.2) is 49.0 Å². The van der Waals surface area contributed by atoms with Gasteiger partial charge in [0.1, 0.15) is 17.1 Å². The van der Waals surface area contributed by atoms with Gasteiger partial charge in [0.25, 0.3) is 0 Å². The fourth-order valence-corrected chi connectivity index (χ4v) is 3.69. The molecule has 0 aliphatic rings. The Morgan fingerprint density at radius 3 is 2.17 bits per heavy atom. The fraction of sp³-hybridized carbons (Fsp3) is 0.375. The number of hydrogen-bond donors (Lipinski definition) is 2. The Hall–Kier alpha value is -3.66. The van der Waals surface area contributed by atoms with Crippen LogP contribution in [0.1, 0.15) is 41.3 Å². The Kier molecular flexibility index (Phi) is 11.7. The van der Waals surface area contributed by atoms with Crippen molar-refractivity contribution in [1.29, 1.82) is 0 Å². The largest absolute Gasteiger partial charge is 0.507 e. The van der Waals surface area contributed by atoms with Gasteiger partial charge in [-0.2, -0.15) is 0 Å². The number of methoxy groups -OCH3 is 3. The molecule has 11 heteroatoms. The summed E-state index contributed by atoms with van der Waals surface area (Å²) < 4.78 is 21.1. The molecule has 0 heterocycles. The molecule has 0 radical (unpaired) electrons. The number of benzene rings is 2. The van der Waals surface area contributed by atoms with Gasteiger partial charge in [0, 0.05) is 12.5 Å². The molecule has 0 spiro atoms. The van der Waals surface area contributed by atoms with E-state index in [4.69, 9.17) is 30.5 Å². The van der Waals surface area contributed by atoms with Crippen LogP contribution in [0.15, 0.2) is 25.3 Å². The second kappa shape index (κ2) is 13.9. The SMILES string of the molecule is C=C.CCCCc1c(Cl)c(O)cc(O)c1C(=O)OCCc1c(OC)c(OC)cc([N+](=O)[O-])c1OC. The summed E-state index contributed by atoms with van der Waals surface area (Å²) >= 11 is 6.16. The number of hydrogen-bond acceptors (Lipinski definition) is 9. The molecule has 0 aliphatic heterocycles.